The van der Waals surface area contributed by atoms with Crippen molar-refractivity contribution >= 4 is 24.9 Å². The van der Waals surface area contributed by atoms with Crippen LogP contribution in [0.2, 0.25) is 5.16 Å². The van der Waals surface area contributed by atoms with E-state index in [4.69, 9.17) is 0 Å². The summed E-state index contributed by atoms with van der Waals surface area (Å²) in [6.45, 7) is 2.31. The third kappa shape index (κ3) is 3.03. The van der Waals surface area contributed by atoms with Crippen molar-refractivity contribution < 1.29 is 0 Å². The summed E-state index contributed by atoms with van der Waals surface area (Å²) in [7, 11) is 1.46. The van der Waals surface area contributed by atoms with Crippen LogP contribution in [0.1, 0.15) is 13.3 Å². The van der Waals surface area contributed by atoms with E-state index < -0.39 is 0 Å². The molecule has 0 saturated carbocycles. The minimum atomic E-state index is 0.0747. The normalized spacial score (nSPS) is 14.3. The third-order valence-electron chi connectivity index (χ3n) is 2.12. The zero-order valence-corrected chi connectivity index (χ0v) is 10.8. The molecule has 0 fully saturated rings. The van der Waals surface area contributed by atoms with Crippen LogP contribution in [0, 0.1) is 0 Å². The summed E-state index contributed by atoms with van der Waals surface area (Å²) in [5.41, 5.74) is 0. The molecular weight excluding hydrogens is 164 g/mol. The van der Waals surface area contributed by atoms with E-state index >= 15 is 0 Å². The maximum atomic E-state index is 2.31. The Bertz CT molecular complexity index is 196. The molecule has 0 nitrogen and oxygen atoms in total. The van der Waals surface area contributed by atoms with Gasteiger partial charge in [-0.05, 0) is 0 Å². The Kier molecular flexibility index (Phi) is 3.59. The van der Waals surface area contributed by atoms with Gasteiger partial charge >= 0.3 is 0 Å². The molecule has 0 N–H and O–H groups in total. The van der Waals surface area contributed by atoms with Crippen LogP contribution in [0.25, 0.3) is 0 Å². The first-order valence-corrected chi connectivity index (χ1v) is 7.04. The topological polar surface area (TPSA) is 0 Å². The van der Waals surface area contributed by atoms with E-state index in [0.717, 1.165) is 5.16 Å². The molecule has 60 valence electrons. The molecule has 0 heterocycles. The molecule has 0 saturated heterocycles. The Morgan fingerprint density at radius 1 is 1.36 bits per heavy atom. The summed E-state index contributed by atoms with van der Waals surface area (Å²) >= 11 is 0. The lowest BCUT2D eigenvalue weighted by Crippen LogP contribution is -2.18. The Morgan fingerprint density at radius 3 is 2.55 bits per heavy atom. The molecule has 0 aliphatic rings. The molecule has 1 aromatic carbocycles. The van der Waals surface area contributed by atoms with Crippen molar-refractivity contribution in [3.05, 3.63) is 30.3 Å². The second-order valence-electron chi connectivity index (χ2n) is 3.20. The van der Waals surface area contributed by atoms with E-state index in [1.54, 1.807) is 5.19 Å². The molecule has 0 spiro atoms. The van der Waals surface area contributed by atoms with Gasteiger partial charge in [0.1, 0.15) is 0 Å². The monoisotopic (exact) mass is 180 g/mol. The van der Waals surface area contributed by atoms with E-state index in [1.165, 1.54) is 16.7 Å². The van der Waals surface area contributed by atoms with Crippen LogP contribution in [0.15, 0.2) is 30.3 Å². The van der Waals surface area contributed by atoms with Crippen molar-refractivity contribution in [3.63, 3.8) is 0 Å². The van der Waals surface area contributed by atoms with Gasteiger partial charge in [-0.3, -0.25) is 0 Å². The van der Waals surface area contributed by atoms with E-state index in [2.05, 4.69) is 37.3 Å². The Morgan fingerprint density at radius 2 is 2.00 bits per heavy atom. The molecule has 1 unspecified atom stereocenters. The molecule has 0 radical (unpaired) electrons. The SMILES string of the molecule is CCC([SiH3])[SiH2]c1ccccc1. The highest BCUT2D eigenvalue weighted by Crippen LogP contribution is 2.00. The summed E-state index contributed by atoms with van der Waals surface area (Å²) < 4.78 is 0. The highest BCUT2D eigenvalue weighted by atomic mass is 28.2. The molecule has 1 atom stereocenters. The first-order chi connectivity index (χ1) is 5.33. The van der Waals surface area contributed by atoms with Crippen molar-refractivity contribution in [1.82, 2.24) is 0 Å². The summed E-state index contributed by atoms with van der Waals surface area (Å²) in [4.78, 5) is 0. The average Bonchev–Trinajstić information content (AvgIpc) is 2.06. The van der Waals surface area contributed by atoms with Gasteiger partial charge in [-0.2, -0.15) is 0 Å². The van der Waals surface area contributed by atoms with Crippen molar-refractivity contribution in [2.24, 2.45) is 0 Å². The second kappa shape index (κ2) is 4.52. The lowest BCUT2D eigenvalue weighted by atomic mass is 10.4. The van der Waals surface area contributed by atoms with Gasteiger partial charge in [-0.15, -0.1) is 0 Å². The first-order valence-electron chi connectivity index (χ1n) is 4.37. The average molecular weight is 180 g/mol. The standard InChI is InChI=1S/C9H16Si2/c1-2-9(10)11-8-6-4-3-5-7-8/h3-7,9H,2,11H2,1,10H3. The van der Waals surface area contributed by atoms with Gasteiger partial charge in [0.25, 0.3) is 0 Å². The second-order valence-corrected chi connectivity index (χ2v) is 9.09. The van der Waals surface area contributed by atoms with Crippen molar-refractivity contribution in [3.8, 4) is 0 Å². The van der Waals surface area contributed by atoms with Crippen LogP contribution in [0.5, 0.6) is 0 Å². The number of benzene rings is 1. The molecule has 0 amide bonds. The fourth-order valence-corrected chi connectivity index (χ4v) is 4.21. The van der Waals surface area contributed by atoms with Gasteiger partial charge < -0.3 is 0 Å². The predicted octanol–water partition coefficient (Wildman–Crippen LogP) is 0.00210. The predicted molar refractivity (Wildman–Crippen MR) is 58.6 cm³/mol. The van der Waals surface area contributed by atoms with Gasteiger partial charge in [0.2, 0.25) is 0 Å². The minimum Gasteiger partial charge on any atom is -0.0670 e. The lowest BCUT2D eigenvalue weighted by molar-refractivity contribution is 1.02. The van der Waals surface area contributed by atoms with Crippen LogP contribution in [-0.4, -0.2) is 19.8 Å². The Balaban J connectivity index is 2.51. The molecular formula is C9H16Si2. The molecule has 0 aliphatic heterocycles. The molecule has 1 rings (SSSR count). The van der Waals surface area contributed by atoms with Gasteiger partial charge in [-0.1, -0.05) is 54.0 Å². The maximum absolute atomic E-state index is 2.31. The molecule has 0 aliphatic carbocycles. The summed E-state index contributed by atoms with van der Waals surface area (Å²) in [6, 6.07) is 11.0. The van der Waals surface area contributed by atoms with Gasteiger partial charge in [-0.25, -0.2) is 0 Å². The number of rotatable bonds is 3. The maximum Gasteiger partial charge on any atom is 0.0544 e. The van der Waals surface area contributed by atoms with Crippen LogP contribution in [0.3, 0.4) is 0 Å². The van der Waals surface area contributed by atoms with Crippen molar-refractivity contribution in [2.45, 2.75) is 18.5 Å². The summed E-state index contributed by atoms with van der Waals surface area (Å²) in [5.74, 6) is 0. The Labute approximate surface area is 74.3 Å². The highest BCUT2D eigenvalue weighted by Gasteiger charge is 1.99. The molecule has 2 heteroatoms. The molecule has 0 aromatic heterocycles. The highest BCUT2D eigenvalue weighted by molar-refractivity contribution is 6.62. The lowest BCUT2D eigenvalue weighted by Gasteiger charge is -2.05. The van der Waals surface area contributed by atoms with E-state index in [9.17, 15) is 0 Å². The molecule has 11 heavy (non-hydrogen) atoms. The van der Waals surface area contributed by atoms with E-state index in [1.807, 2.05) is 0 Å². The van der Waals surface area contributed by atoms with E-state index in [0.29, 0.717) is 0 Å². The van der Waals surface area contributed by atoms with Crippen LogP contribution in [0.4, 0.5) is 0 Å². The number of hydrogen-bond acceptors (Lipinski definition) is 0. The van der Waals surface area contributed by atoms with Crippen molar-refractivity contribution in [1.29, 1.82) is 0 Å². The van der Waals surface area contributed by atoms with Gasteiger partial charge in [0.05, 0.1) is 9.52 Å². The number of hydrogen-bond donors (Lipinski definition) is 0. The largest absolute Gasteiger partial charge is 0.0670 e. The fourth-order valence-electron chi connectivity index (χ4n) is 1.16. The zero-order valence-electron chi connectivity index (χ0n) is 7.38. The first kappa shape index (κ1) is 8.75. The smallest absolute Gasteiger partial charge is 0.0544 e. The Hall–Kier alpha value is -0.346. The van der Waals surface area contributed by atoms with Crippen LogP contribution >= 0.6 is 0 Å². The summed E-state index contributed by atoms with van der Waals surface area (Å²) in [6.07, 6.45) is 1.40. The third-order valence-corrected chi connectivity index (χ3v) is 6.38. The van der Waals surface area contributed by atoms with E-state index in [-0.39, 0.29) is 9.52 Å². The molecule has 0 bridgehead atoms. The van der Waals surface area contributed by atoms with Crippen molar-refractivity contribution in [2.75, 3.05) is 0 Å². The fraction of sp³-hybridized carbons (Fsp3) is 0.333. The summed E-state index contributed by atoms with van der Waals surface area (Å²) in [5, 5.41) is 2.73. The quantitative estimate of drug-likeness (QED) is 0.575. The van der Waals surface area contributed by atoms with Crippen LogP contribution < -0.4 is 5.19 Å². The molecule has 1 aromatic rings. The zero-order chi connectivity index (χ0) is 8.10. The van der Waals surface area contributed by atoms with Crippen LogP contribution in [-0.2, 0) is 0 Å². The van der Waals surface area contributed by atoms with Gasteiger partial charge in [0, 0.05) is 10.2 Å². The van der Waals surface area contributed by atoms with Gasteiger partial charge in [0.15, 0.2) is 0 Å². The minimum absolute atomic E-state index is 0.0747.